The van der Waals surface area contributed by atoms with E-state index >= 15 is 0 Å². The van der Waals surface area contributed by atoms with Gasteiger partial charge in [-0.15, -0.1) is 11.3 Å². The molecule has 0 bridgehead atoms. The van der Waals surface area contributed by atoms with Crippen molar-refractivity contribution in [3.05, 3.63) is 84.9 Å². The van der Waals surface area contributed by atoms with Crippen molar-refractivity contribution >= 4 is 65.9 Å². The van der Waals surface area contributed by atoms with Gasteiger partial charge < -0.3 is 14.6 Å². The standard InChI is InChI=1S/C24H16BNO2S/c27-25(28)19-8-5-10-21-24(19)18-7-1-3-9-20(18)26(21)15-12-13-17-16-6-2-4-11-22(16)29-23(17)14-15/h1-14,27-28H. The van der Waals surface area contributed by atoms with Crippen LogP contribution in [-0.4, -0.2) is 21.7 Å². The average molecular weight is 393 g/mol. The van der Waals surface area contributed by atoms with E-state index in [0.29, 0.717) is 5.46 Å². The second-order valence-electron chi connectivity index (χ2n) is 7.25. The van der Waals surface area contributed by atoms with Crippen LogP contribution in [-0.2, 0) is 0 Å². The number of para-hydroxylation sites is 1. The number of thiophene rings is 1. The minimum Gasteiger partial charge on any atom is -0.423 e. The lowest BCUT2D eigenvalue weighted by molar-refractivity contribution is 0.426. The molecule has 4 aromatic carbocycles. The van der Waals surface area contributed by atoms with Crippen LogP contribution in [0.15, 0.2) is 84.9 Å². The number of rotatable bonds is 2. The highest BCUT2D eigenvalue weighted by molar-refractivity contribution is 7.25. The normalized spacial score (nSPS) is 11.8. The number of aromatic nitrogens is 1. The van der Waals surface area contributed by atoms with Crippen LogP contribution in [0.1, 0.15) is 0 Å². The zero-order valence-corrected chi connectivity index (χ0v) is 16.2. The summed E-state index contributed by atoms with van der Waals surface area (Å²) >= 11 is 1.80. The zero-order valence-electron chi connectivity index (χ0n) is 15.4. The highest BCUT2D eigenvalue weighted by atomic mass is 32.1. The predicted octanol–water partition coefficient (Wildman–Crippen LogP) is 4.83. The molecule has 0 saturated heterocycles. The second-order valence-corrected chi connectivity index (χ2v) is 8.33. The van der Waals surface area contributed by atoms with Gasteiger partial charge in [-0.2, -0.15) is 0 Å². The highest BCUT2D eigenvalue weighted by Crippen LogP contribution is 2.37. The third kappa shape index (κ3) is 2.39. The quantitative estimate of drug-likeness (QED) is 0.414. The molecule has 0 saturated carbocycles. The monoisotopic (exact) mass is 393 g/mol. The molecular weight excluding hydrogens is 377 g/mol. The van der Waals surface area contributed by atoms with Gasteiger partial charge in [0.25, 0.3) is 0 Å². The van der Waals surface area contributed by atoms with Crippen LogP contribution in [0.25, 0.3) is 47.7 Å². The Morgan fingerprint density at radius 3 is 2.24 bits per heavy atom. The molecule has 2 heterocycles. The van der Waals surface area contributed by atoms with E-state index in [0.717, 1.165) is 27.5 Å². The summed E-state index contributed by atoms with van der Waals surface area (Å²) < 4.78 is 4.74. The van der Waals surface area contributed by atoms with Crippen LogP contribution in [0.4, 0.5) is 0 Å². The van der Waals surface area contributed by atoms with E-state index in [9.17, 15) is 10.0 Å². The molecule has 3 nitrogen and oxygen atoms in total. The molecule has 6 aromatic rings. The lowest BCUT2D eigenvalue weighted by Gasteiger charge is -2.09. The zero-order chi connectivity index (χ0) is 19.5. The van der Waals surface area contributed by atoms with E-state index in [1.165, 1.54) is 20.2 Å². The lowest BCUT2D eigenvalue weighted by atomic mass is 9.77. The van der Waals surface area contributed by atoms with Crippen LogP contribution in [0.5, 0.6) is 0 Å². The molecule has 0 amide bonds. The molecule has 6 rings (SSSR count). The molecule has 2 N–H and O–H groups in total. The number of fused-ring (bicyclic) bond motifs is 6. The number of nitrogens with zero attached hydrogens (tertiary/aromatic N) is 1. The molecule has 2 aromatic heterocycles. The fraction of sp³-hybridized carbons (Fsp3) is 0. The van der Waals surface area contributed by atoms with Gasteiger partial charge in [0, 0.05) is 36.6 Å². The smallest absolute Gasteiger partial charge is 0.423 e. The Morgan fingerprint density at radius 1 is 0.655 bits per heavy atom. The van der Waals surface area contributed by atoms with Crippen molar-refractivity contribution in [3.63, 3.8) is 0 Å². The molecule has 5 heteroatoms. The van der Waals surface area contributed by atoms with E-state index in [1.807, 2.05) is 30.3 Å². The summed E-state index contributed by atoms with van der Waals surface area (Å²) in [6.07, 6.45) is 0. The Hall–Kier alpha value is -3.12. The lowest BCUT2D eigenvalue weighted by Crippen LogP contribution is -2.30. The third-order valence-corrected chi connectivity index (χ3v) is 6.76. The first-order valence-corrected chi connectivity index (χ1v) is 10.3. The number of hydrogen-bond acceptors (Lipinski definition) is 3. The first-order valence-electron chi connectivity index (χ1n) is 9.52. The molecule has 0 fully saturated rings. The summed E-state index contributed by atoms with van der Waals surface area (Å²) in [4.78, 5) is 0. The fourth-order valence-corrected chi connectivity index (χ4v) is 5.53. The van der Waals surface area contributed by atoms with Crippen molar-refractivity contribution in [1.29, 1.82) is 0 Å². The second kappa shape index (κ2) is 6.19. The first-order chi connectivity index (χ1) is 14.2. The largest absolute Gasteiger partial charge is 0.489 e. The Labute approximate surface area is 171 Å². The number of benzene rings is 4. The molecule has 0 atom stereocenters. The molecule has 29 heavy (non-hydrogen) atoms. The highest BCUT2D eigenvalue weighted by Gasteiger charge is 2.20. The summed E-state index contributed by atoms with van der Waals surface area (Å²) in [6.45, 7) is 0. The Morgan fingerprint density at radius 2 is 1.38 bits per heavy atom. The maximum absolute atomic E-state index is 9.93. The van der Waals surface area contributed by atoms with Gasteiger partial charge in [-0.25, -0.2) is 0 Å². The summed E-state index contributed by atoms with van der Waals surface area (Å²) in [5, 5.41) is 24.3. The van der Waals surface area contributed by atoms with Crippen molar-refractivity contribution < 1.29 is 10.0 Å². The molecule has 0 radical (unpaired) electrons. The third-order valence-electron chi connectivity index (χ3n) is 5.63. The van der Waals surface area contributed by atoms with Gasteiger partial charge in [-0.05, 0) is 35.8 Å². The molecule has 0 spiro atoms. The molecule has 0 aliphatic heterocycles. The van der Waals surface area contributed by atoms with Crippen molar-refractivity contribution in [3.8, 4) is 5.69 Å². The Balaban J connectivity index is 1.72. The summed E-state index contributed by atoms with van der Waals surface area (Å²) in [7, 11) is -1.51. The summed E-state index contributed by atoms with van der Waals surface area (Å²) in [6, 6.07) is 28.9. The Kier molecular flexibility index (Phi) is 3.59. The van der Waals surface area contributed by atoms with Gasteiger partial charge in [-0.3, -0.25) is 0 Å². The average Bonchev–Trinajstić information content (AvgIpc) is 3.28. The van der Waals surface area contributed by atoms with E-state index in [2.05, 4.69) is 53.1 Å². The van der Waals surface area contributed by atoms with E-state index in [-0.39, 0.29) is 0 Å². The van der Waals surface area contributed by atoms with Crippen molar-refractivity contribution in [2.75, 3.05) is 0 Å². The SMILES string of the molecule is OB(O)c1cccc2c1c1ccccc1n2-c1ccc2c(c1)sc1ccccc12. The maximum atomic E-state index is 9.93. The van der Waals surface area contributed by atoms with Crippen LogP contribution >= 0.6 is 11.3 Å². The number of hydrogen-bond donors (Lipinski definition) is 2. The van der Waals surface area contributed by atoms with Gasteiger partial charge in [0.1, 0.15) is 0 Å². The van der Waals surface area contributed by atoms with Gasteiger partial charge >= 0.3 is 7.12 Å². The van der Waals surface area contributed by atoms with E-state index in [4.69, 9.17) is 0 Å². The molecule has 138 valence electrons. The van der Waals surface area contributed by atoms with E-state index in [1.54, 1.807) is 17.4 Å². The minimum atomic E-state index is -1.51. The van der Waals surface area contributed by atoms with Crippen molar-refractivity contribution in [1.82, 2.24) is 4.57 Å². The maximum Gasteiger partial charge on any atom is 0.489 e. The topological polar surface area (TPSA) is 45.4 Å². The fourth-order valence-electron chi connectivity index (χ4n) is 4.39. The molecule has 0 unspecified atom stereocenters. The van der Waals surface area contributed by atoms with Gasteiger partial charge in [0.15, 0.2) is 0 Å². The van der Waals surface area contributed by atoms with Crippen LogP contribution in [0.2, 0.25) is 0 Å². The first kappa shape index (κ1) is 16.8. The van der Waals surface area contributed by atoms with Gasteiger partial charge in [-0.1, -0.05) is 54.6 Å². The van der Waals surface area contributed by atoms with Crippen molar-refractivity contribution in [2.24, 2.45) is 0 Å². The van der Waals surface area contributed by atoms with Crippen molar-refractivity contribution in [2.45, 2.75) is 0 Å². The Bertz CT molecular complexity index is 1550. The van der Waals surface area contributed by atoms with Gasteiger partial charge in [0.2, 0.25) is 0 Å². The van der Waals surface area contributed by atoms with Crippen LogP contribution in [0.3, 0.4) is 0 Å². The van der Waals surface area contributed by atoms with Crippen LogP contribution < -0.4 is 5.46 Å². The predicted molar refractivity (Wildman–Crippen MR) is 123 cm³/mol. The molecule has 0 aliphatic rings. The van der Waals surface area contributed by atoms with Crippen LogP contribution in [0, 0.1) is 0 Å². The summed E-state index contributed by atoms with van der Waals surface area (Å²) in [5.41, 5.74) is 3.62. The minimum absolute atomic E-state index is 0.528. The molecular formula is C24H16BNO2S. The van der Waals surface area contributed by atoms with Gasteiger partial charge in [0.05, 0.1) is 11.0 Å². The van der Waals surface area contributed by atoms with E-state index < -0.39 is 7.12 Å². The summed E-state index contributed by atoms with van der Waals surface area (Å²) in [5.74, 6) is 0. The molecule has 0 aliphatic carbocycles.